The lowest BCUT2D eigenvalue weighted by molar-refractivity contribution is -0.137. The zero-order chi connectivity index (χ0) is 14.0. The van der Waals surface area contributed by atoms with Gasteiger partial charge in [0.25, 0.3) is 0 Å². The SMILES string of the molecule is COc1cc(C(=S)N2CCCC2)cc(C(F)(F)F)c1. The Kier molecular flexibility index (Phi) is 3.99. The second-order valence-electron chi connectivity index (χ2n) is 4.45. The number of ether oxygens (including phenoxy) is 1. The molecule has 1 aliphatic heterocycles. The summed E-state index contributed by atoms with van der Waals surface area (Å²) < 4.78 is 43.4. The molecule has 19 heavy (non-hydrogen) atoms. The number of nitrogens with zero attached hydrogens (tertiary/aromatic N) is 1. The first-order chi connectivity index (χ1) is 8.91. The Morgan fingerprint density at radius 1 is 1.21 bits per heavy atom. The molecule has 0 saturated carbocycles. The summed E-state index contributed by atoms with van der Waals surface area (Å²) in [6, 6.07) is 3.62. The Bertz CT molecular complexity index is 481. The summed E-state index contributed by atoms with van der Waals surface area (Å²) in [4.78, 5) is 2.39. The number of halogens is 3. The van der Waals surface area contributed by atoms with Crippen LogP contribution < -0.4 is 4.74 Å². The van der Waals surface area contributed by atoms with E-state index in [2.05, 4.69) is 0 Å². The van der Waals surface area contributed by atoms with Crippen molar-refractivity contribution >= 4 is 17.2 Å². The third-order valence-corrected chi connectivity index (χ3v) is 3.60. The highest BCUT2D eigenvalue weighted by molar-refractivity contribution is 7.80. The van der Waals surface area contributed by atoms with Gasteiger partial charge in [-0.2, -0.15) is 13.2 Å². The fraction of sp³-hybridized carbons (Fsp3) is 0.462. The third-order valence-electron chi connectivity index (χ3n) is 3.11. The van der Waals surface area contributed by atoms with E-state index in [9.17, 15) is 13.2 Å². The van der Waals surface area contributed by atoms with Crippen LogP contribution in [0.5, 0.6) is 5.75 Å². The largest absolute Gasteiger partial charge is 0.497 e. The summed E-state index contributed by atoms with van der Waals surface area (Å²) in [5.41, 5.74) is -0.341. The summed E-state index contributed by atoms with van der Waals surface area (Å²) in [7, 11) is 1.35. The number of hydrogen-bond acceptors (Lipinski definition) is 2. The number of benzene rings is 1. The molecule has 104 valence electrons. The molecule has 1 aliphatic rings. The van der Waals surface area contributed by atoms with E-state index in [1.54, 1.807) is 6.07 Å². The minimum atomic E-state index is -4.40. The summed E-state index contributed by atoms with van der Waals surface area (Å²) in [6.07, 6.45) is -2.35. The van der Waals surface area contributed by atoms with Gasteiger partial charge in [0.2, 0.25) is 0 Å². The fourth-order valence-electron chi connectivity index (χ4n) is 2.11. The minimum Gasteiger partial charge on any atom is -0.497 e. The molecular formula is C13H14F3NOS. The van der Waals surface area contributed by atoms with E-state index >= 15 is 0 Å². The smallest absolute Gasteiger partial charge is 0.416 e. The average Bonchev–Trinajstić information content (AvgIpc) is 2.90. The van der Waals surface area contributed by atoms with Gasteiger partial charge in [0.1, 0.15) is 10.7 Å². The van der Waals surface area contributed by atoms with Crippen molar-refractivity contribution < 1.29 is 17.9 Å². The molecular weight excluding hydrogens is 275 g/mol. The van der Waals surface area contributed by atoms with Crippen LogP contribution in [0.2, 0.25) is 0 Å². The van der Waals surface area contributed by atoms with E-state index in [0.29, 0.717) is 10.6 Å². The highest BCUT2D eigenvalue weighted by Gasteiger charge is 2.32. The maximum atomic E-state index is 12.8. The molecule has 1 aromatic rings. The molecule has 0 bridgehead atoms. The minimum absolute atomic E-state index is 0.173. The van der Waals surface area contributed by atoms with Crippen LogP contribution in [0.25, 0.3) is 0 Å². The van der Waals surface area contributed by atoms with Crippen molar-refractivity contribution in [2.75, 3.05) is 20.2 Å². The Hall–Kier alpha value is -1.30. The summed E-state index contributed by atoms with van der Waals surface area (Å²) in [5.74, 6) is 0.173. The van der Waals surface area contributed by atoms with Gasteiger partial charge in [0.05, 0.1) is 12.7 Å². The summed E-state index contributed by atoms with van der Waals surface area (Å²) in [5, 5.41) is 0. The van der Waals surface area contributed by atoms with Gasteiger partial charge < -0.3 is 9.64 Å². The standard InChI is InChI=1S/C13H14F3NOS/c1-18-11-7-9(6-10(8-11)13(14,15)16)12(19)17-4-2-3-5-17/h6-8H,2-5H2,1H3. The van der Waals surface area contributed by atoms with Crippen LogP contribution in [0.15, 0.2) is 18.2 Å². The molecule has 2 nitrogen and oxygen atoms in total. The lowest BCUT2D eigenvalue weighted by atomic mass is 10.1. The Morgan fingerprint density at radius 2 is 1.84 bits per heavy atom. The first-order valence-corrected chi connectivity index (χ1v) is 6.38. The van der Waals surface area contributed by atoms with Crippen molar-refractivity contribution in [2.45, 2.75) is 19.0 Å². The lowest BCUT2D eigenvalue weighted by Gasteiger charge is -2.20. The Morgan fingerprint density at radius 3 is 2.37 bits per heavy atom. The van der Waals surface area contributed by atoms with Crippen LogP contribution in [0.4, 0.5) is 13.2 Å². The third kappa shape index (κ3) is 3.18. The van der Waals surface area contributed by atoms with E-state index < -0.39 is 11.7 Å². The number of hydrogen-bond donors (Lipinski definition) is 0. The second-order valence-corrected chi connectivity index (χ2v) is 4.83. The molecule has 0 aliphatic carbocycles. The van der Waals surface area contributed by atoms with Gasteiger partial charge in [0, 0.05) is 18.7 Å². The summed E-state index contributed by atoms with van der Waals surface area (Å²) in [6.45, 7) is 1.61. The second kappa shape index (κ2) is 5.36. The van der Waals surface area contributed by atoms with Crippen molar-refractivity contribution in [1.82, 2.24) is 4.90 Å². The van der Waals surface area contributed by atoms with Crippen LogP contribution in [0.1, 0.15) is 24.0 Å². The molecule has 1 saturated heterocycles. The van der Waals surface area contributed by atoms with Gasteiger partial charge in [-0.25, -0.2) is 0 Å². The van der Waals surface area contributed by atoms with Gasteiger partial charge in [-0.05, 0) is 31.0 Å². The first-order valence-electron chi connectivity index (χ1n) is 5.97. The van der Waals surface area contributed by atoms with Gasteiger partial charge in [-0.1, -0.05) is 12.2 Å². The van der Waals surface area contributed by atoms with E-state index in [4.69, 9.17) is 17.0 Å². The predicted octanol–water partition coefficient (Wildman–Crippen LogP) is 3.49. The van der Waals surface area contributed by atoms with Crippen molar-refractivity contribution in [3.63, 3.8) is 0 Å². The van der Waals surface area contributed by atoms with Gasteiger partial charge in [-0.3, -0.25) is 0 Å². The van der Waals surface area contributed by atoms with Crippen molar-refractivity contribution in [1.29, 1.82) is 0 Å². The van der Waals surface area contributed by atoms with E-state index in [0.717, 1.165) is 38.1 Å². The van der Waals surface area contributed by atoms with Crippen LogP contribution >= 0.6 is 12.2 Å². The molecule has 0 unspecified atom stereocenters. The van der Waals surface area contributed by atoms with Gasteiger partial charge in [-0.15, -0.1) is 0 Å². The molecule has 0 spiro atoms. The topological polar surface area (TPSA) is 12.5 Å². The van der Waals surface area contributed by atoms with Crippen LogP contribution in [0.3, 0.4) is 0 Å². The summed E-state index contributed by atoms with van der Waals surface area (Å²) >= 11 is 5.27. The van der Waals surface area contributed by atoms with Crippen molar-refractivity contribution in [3.8, 4) is 5.75 Å². The predicted molar refractivity (Wildman–Crippen MR) is 70.5 cm³/mol. The molecule has 0 amide bonds. The molecule has 0 N–H and O–H groups in total. The van der Waals surface area contributed by atoms with E-state index in [1.165, 1.54) is 7.11 Å². The van der Waals surface area contributed by atoms with E-state index in [-0.39, 0.29) is 5.75 Å². The van der Waals surface area contributed by atoms with Crippen LogP contribution in [0, 0.1) is 0 Å². The van der Waals surface area contributed by atoms with E-state index in [1.807, 2.05) is 4.90 Å². The number of thiocarbonyl (C=S) groups is 1. The number of methoxy groups -OCH3 is 1. The van der Waals surface area contributed by atoms with Gasteiger partial charge >= 0.3 is 6.18 Å². The number of rotatable bonds is 2. The zero-order valence-corrected chi connectivity index (χ0v) is 11.3. The van der Waals surface area contributed by atoms with Crippen molar-refractivity contribution in [2.24, 2.45) is 0 Å². The maximum Gasteiger partial charge on any atom is 0.416 e. The molecule has 1 heterocycles. The molecule has 0 atom stereocenters. The average molecular weight is 289 g/mol. The van der Waals surface area contributed by atoms with Crippen molar-refractivity contribution in [3.05, 3.63) is 29.3 Å². The highest BCUT2D eigenvalue weighted by atomic mass is 32.1. The lowest BCUT2D eigenvalue weighted by Crippen LogP contribution is -2.27. The molecule has 0 aromatic heterocycles. The monoisotopic (exact) mass is 289 g/mol. The van der Waals surface area contributed by atoms with Crippen LogP contribution in [-0.2, 0) is 6.18 Å². The highest BCUT2D eigenvalue weighted by Crippen LogP contribution is 2.33. The van der Waals surface area contributed by atoms with Gasteiger partial charge in [0.15, 0.2) is 0 Å². The zero-order valence-electron chi connectivity index (χ0n) is 10.5. The van der Waals surface area contributed by atoms with Crippen LogP contribution in [-0.4, -0.2) is 30.1 Å². The molecule has 1 fully saturated rings. The quantitative estimate of drug-likeness (QED) is 0.773. The molecule has 6 heteroatoms. The number of likely N-dealkylation sites (tertiary alicyclic amines) is 1. The normalized spacial score (nSPS) is 15.7. The first kappa shape index (κ1) is 14.1. The Balaban J connectivity index is 2.36. The maximum absolute atomic E-state index is 12.8. The Labute approximate surface area is 115 Å². The number of alkyl halides is 3. The molecule has 0 radical (unpaired) electrons. The molecule has 2 rings (SSSR count). The molecule has 1 aromatic carbocycles. The fourth-order valence-corrected chi connectivity index (χ4v) is 2.41.